The van der Waals surface area contributed by atoms with E-state index in [4.69, 9.17) is 0 Å². The van der Waals surface area contributed by atoms with Crippen molar-refractivity contribution in [3.05, 3.63) is 0 Å². The Bertz CT molecular complexity index is 271. The van der Waals surface area contributed by atoms with Crippen molar-refractivity contribution >= 4 is 17.7 Å². The minimum absolute atomic E-state index is 0.000224. The van der Waals surface area contributed by atoms with Gasteiger partial charge in [-0.05, 0) is 44.1 Å². The summed E-state index contributed by atoms with van der Waals surface area (Å²) >= 11 is 1.92. The predicted octanol–water partition coefficient (Wildman–Crippen LogP) is 3.10. The van der Waals surface area contributed by atoms with Crippen molar-refractivity contribution in [2.75, 3.05) is 18.6 Å². The van der Waals surface area contributed by atoms with Crippen molar-refractivity contribution in [1.29, 1.82) is 0 Å². The van der Waals surface area contributed by atoms with Gasteiger partial charge in [-0.3, -0.25) is 10.1 Å². The molecule has 0 spiro atoms. The minimum Gasteiger partial charge on any atom is -0.326 e. The Balaban J connectivity index is 2.29. The van der Waals surface area contributed by atoms with Gasteiger partial charge >= 0.3 is 0 Å². The smallest absolute Gasteiger partial charge is 0.240 e. The third-order valence-electron chi connectivity index (χ3n) is 3.66. The second-order valence-corrected chi connectivity index (χ2v) is 6.96. The molecule has 0 aliphatic carbocycles. The van der Waals surface area contributed by atoms with Crippen LogP contribution in [0, 0.1) is 5.92 Å². The maximum Gasteiger partial charge on any atom is 0.240 e. The maximum atomic E-state index is 12.1. The second-order valence-electron chi connectivity index (χ2n) is 5.97. The highest BCUT2D eigenvalue weighted by Crippen LogP contribution is 2.18. The molecule has 0 bridgehead atoms. The van der Waals surface area contributed by atoms with Crippen molar-refractivity contribution in [3.63, 3.8) is 0 Å². The Hall–Kier alpha value is -0.220. The summed E-state index contributed by atoms with van der Waals surface area (Å²) in [7, 11) is 0. The van der Waals surface area contributed by atoms with E-state index in [1.165, 1.54) is 25.0 Å². The van der Waals surface area contributed by atoms with E-state index in [1.807, 2.05) is 18.7 Å². The SMILES string of the molecule is CSCCCCCCN1C(=O)C(C)NC1CC(C)C. The molecule has 1 fully saturated rings. The molecule has 1 aliphatic heterocycles. The molecular formula is C15H30N2OS. The van der Waals surface area contributed by atoms with Crippen LogP contribution in [0.5, 0.6) is 0 Å². The van der Waals surface area contributed by atoms with Crippen molar-refractivity contribution in [3.8, 4) is 0 Å². The fourth-order valence-electron chi connectivity index (χ4n) is 2.64. The fourth-order valence-corrected chi connectivity index (χ4v) is 3.13. The van der Waals surface area contributed by atoms with Gasteiger partial charge in [-0.25, -0.2) is 0 Å². The molecule has 112 valence electrons. The molecule has 1 aliphatic rings. The average molecular weight is 286 g/mol. The first-order chi connectivity index (χ1) is 9.06. The van der Waals surface area contributed by atoms with Gasteiger partial charge in [-0.1, -0.05) is 26.7 Å². The first-order valence-electron chi connectivity index (χ1n) is 7.61. The maximum absolute atomic E-state index is 12.1. The molecule has 1 rings (SSSR count). The van der Waals surface area contributed by atoms with E-state index >= 15 is 0 Å². The molecule has 2 atom stereocenters. The second kappa shape index (κ2) is 8.85. The van der Waals surface area contributed by atoms with Crippen LogP contribution in [0.4, 0.5) is 0 Å². The highest BCUT2D eigenvalue weighted by atomic mass is 32.2. The zero-order valence-electron chi connectivity index (χ0n) is 12.9. The number of carbonyl (C=O) groups is 1. The van der Waals surface area contributed by atoms with Gasteiger partial charge in [0.15, 0.2) is 0 Å². The Kier molecular flexibility index (Phi) is 7.84. The highest BCUT2D eigenvalue weighted by molar-refractivity contribution is 7.98. The average Bonchev–Trinajstić information content (AvgIpc) is 2.60. The number of carbonyl (C=O) groups excluding carboxylic acids is 1. The van der Waals surface area contributed by atoms with Crippen molar-refractivity contribution in [1.82, 2.24) is 10.2 Å². The van der Waals surface area contributed by atoms with Crippen LogP contribution in [0.3, 0.4) is 0 Å². The Morgan fingerprint density at radius 2 is 1.95 bits per heavy atom. The third kappa shape index (κ3) is 5.74. The first kappa shape index (κ1) is 16.8. The van der Waals surface area contributed by atoms with Crippen LogP contribution in [-0.2, 0) is 4.79 Å². The van der Waals surface area contributed by atoms with Crippen LogP contribution in [0.25, 0.3) is 0 Å². The van der Waals surface area contributed by atoms with Gasteiger partial charge in [-0.2, -0.15) is 11.8 Å². The van der Waals surface area contributed by atoms with Gasteiger partial charge in [0.1, 0.15) is 0 Å². The van der Waals surface area contributed by atoms with Gasteiger partial charge in [0.2, 0.25) is 5.91 Å². The van der Waals surface area contributed by atoms with Crippen molar-refractivity contribution in [2.45, 2.75) is 65.1 Å². The fraction of sp³-hybridized carbons (Fsp3) is 0.933. The molecule has 19 heavy (non-hydrogen) atoms. The summed E-state index contributed by atoms with van der Waals surface area (Å²) in [4.78, 5) is 14.2. The predicted molar refractivity (Wildman–Crippen MR) is 84.4 cm³/mol. The van der Waals surface area contributed by atoms with Gasteiger partial charge in [0, 0.05) is 6.54 Å². The summed E-state index contributed by atoms with van der Waals surface area (Å²) in [5.41, 5.74) is 0. The molecule has 0 radical (unpaired) electrons. The zero-order valence-corrected chi connectivity index (χ0v) is 13.8. The zero-order chi connectivity index (χ0) is 14.3. The molecule has 3 nitrogen and oxygen atoms in total. The molecule has 0 aromatic carbocycles. The molecule has 1 N–H and O–H groups in total. The highest BCUT2D eigenvalue weighted by Gasteiger charge is 2.35. The van der Waals surface area contributed by atoms with Crippen LogP contribution < -0.4 is 5.32 Å². The Morgan fingerprint density at radius 1 is 1.26 bits per heavy atom. The first-order valence-corrected chi connectivity index (χ1v) is 9.01. The van der Waals surface area contributed by atoms with E-state index in [2.05, 4.69) is 30.3 Å². The normalized spacial score (nSPS) is 23.6. The molecule has 0 aromatic heterocycles. The van der Waals surface area contributed by atoms with E-state index in [0.29, 0.717) is 5.92 Å². The number of nitrogens with zero attached hydrogens (tertiary/aromatic N) is 1. The lowest BCUT2D eigenvalue weighted by molar-refractivity contribution is -0.130. The number of thioether (sulfide) groups is 1. The van der Waals surface area contributed by atoms with Crippen LogP contribution >= 0.6 is 11.8 Å². The van der Waals surface area contributed by atoms with E-state index in [9.17, 15) is 4.79 Å². The number of hydrogen-bond donors (Lipinski definition) is 1. The molecule has 2 unspecified atom stereocenters. The van der Waals surface area contributed by atoms with Gasteiger partial charge in [-0.15, -0.1) is 0 Å². The number of nitrogens with one attached hydrogen (secondary N) is 1. The molecule has 0 aromatic rings. The van der Waals surface area contributed by atoms with E-state index < -0.39 is 0 Å². The number of unbranched alkanes of at least 4 members (excludes halogenated alkanes) is 3. The minimum atomic E-state index is 0.000224. The number of amides is 1. The molecular weight excluding hydrogens is 256 g/mol. The summed E-state index contributed by atoms with van der Waals surface area (Å²) in [6, 6.07) is 0.000224. The number of hydrogen-bond acceptors (Lipinski definition) is 3. The molecule has 1 saturated heterocycles. The third-order valence-corrected chi connectivity index (χ3v) is 4.36. The van der Waals surface area contributed by atoms with E-state index in [1.54, 1.807) is 0 Å². The van der Waals surface area contributed by atoms with Crippen LogP contribution in [-0.4, -0.2) is 41.6 Å². The van der Waals surface area contributed by atoms with Crippen LogP contribution in [0.15, 0.2) is 0 Å². The van der Waals surface area contributed by atoms with Crippen molar-refractivity contribution in [2.24, 2.45) is 5.92 Å². The summed E-state index contributed by atoms with van der Waals surface area (Å²) in [5, 5.41) is 3.42. The Morgan fingerprint density at radius 3 is 2.58 bits per heavy atom. The summed E-state index contributed by atoms with van der Waals surface area (Å²) in [6.07, 6.45) is 8.46. The van der Waals surface area contributed by atoms with E-state index in [0.717, 1.165) is 19.4 Å². The standard InChI is InChI=1S/C15H30N2OS/c1-12(2)11-14-16-13(3)15(18)17(14)9-7-5-6-8-10-19-4/h12-14,16H,5-11H2,1-4H3. The quantitative estimate of drug-likeness (QED) is 0.661. The number of rotatable bonds is 9. The molecule has 1 amide bonds. The molecule has 0 saturated carbocycles. The van der Waals surface area contributed by atoms with Gasteiger partial charge in [0.05, 0.1) is 12.2 Å². The van der Waals surface area contributed by atoms with E-state index in [-0.39, 0.29) is 18.1 Å². The Labute approximate surface area is 122 Å². The molecule has 1 heterocycles. The van der Waals surface area contributed by atoms with Crippen molar-refractivity contribution < 1.29 is 4.79 Å². The lowest BCUT2D eigenvalue weighted by Gasteiger charge is -2.25. The lowest BCUT2D eigenvalue weighted by atomic mass is 10.1. The summed E-state index contributed by atoms with van der Waals surface area (Å²) < 4.78 is 0. The van der Waals surface area contributed by atoms with Gasteiger partial charge < -0.3 is 4.90 Å². The topological polar surface area (TPSA) is 32.3 Å². The lowest BCUT2D eigenvalue weighted by Crippen LogP contribution is -2.39. The largest absolute Gasteiger partial charge is 0.326 e. The monoisotopic (exact) mass is 286 g/mol. The van der Waals surface area contributed by atoms with Gasteiger partial charge in [0.25, 0.3) is 0 Å². The van der Waals surface area contributed by atoms with Crippen LogP contribution in [0.2, 0.25) is 0 Å². The summed E-state index contributed by atoms with van der Waals surface area (Å²) in [6.45, 7) is 7.34. The molecule has 4 heteroatoms. The van der Waals surface area contributed by atoms with Crippen LogP contribution in [0.1, 0.15) is 52.9 Å². The summed E-state index contributed by atoms with van der Waals surface area (Å²) in [5.74, 6) is 2.17.